The lowest BCUT2D eigenvalue weighted by Crippen LogP contribution is -2.14. The van der Waals surface area contributed by atoms with E-state index in [4.69, 9.17) is 0 Å². The second-order valence-electron chi connectivity index (χ2n) is 7.93. The zero-order chi connectivity index (χ0) is 24.2. The number of hydrogen-bond donors (Lipinski definition) is 1. The van der Waals surface area contributed by atoms with Crippen LogP contribution in [0.3, 0.4) is 0 Å². The molecule has 3 aromatic carbocycles. The number of hydrogen-bond acceptors (Lipinski definition) is 7. The maximum Gasteiger partial charge on any atom is 0.336 e. The summed E-state index contributed by atoms with van der Waals surface area (Å²) in [6.45, 7) is 0. The quantitative estimate of drug-likeness (QED) is 0.200. The number of aliphatic carboxylic acids is 1. The van der Waals surface area contributed by atoms with Crippen molar-refractivity contribution in [2.75, 3.05) is 25.3 Å². The summed E-state index contributed by atoms with van der Waals surface area (Å²) < 4.78 is 8.44. The maximum absolute atomic E-state index is 13.7. The minimum absolute atomic E-state index is 0.0240. The lowest BCUT2D eigenvalue weighted by molar-refractivity contribution is -0.130. The summed E-state index contributed by atoms with van der Waals surface area (Å²) in [6, 6.07) is 20.1. The summed E-state index contributed by atoms with van der Waals surface area (Å²) in [7, 11) is 3.88. The molecule has 0 fully saturated rings. The molecule has 1 aromatic heterocycles. The molecular weight excluding hydrogens is 466 g/mol. The molecule has 6 nitrogen and oxygen atoms in total. The van der Waals surface area contributed by atoms with Crippen molar-refractivity contribution in [3.63, 3.8) is 0 Å². The van der Waals surface area contributed by atoms with Crippen molar-refractivity contribution in [2.24, 2.45) is 0 Å². The number of carboxylic acids is 1. The lowest BCUT2D eigenvalue weighted by Gasteiger charge is -2.16. The van der Waals surface area contributed by atoms with Gasteiger partial charge in [0.2, 0.25) is 0 Å². The first kappa shape index (κ1) is 23.7. The van der Waals surface area contributed by atoms with Crippen LogP contribution in [0.15, 0.2) is 77.2 Å². The van der Waals surface area contributed by atoms with Crippen molar-refractivity contribution in [3.8, 4) is 0 Å². The van der Waals surface area contributed by atoms with E-state index in [1.165, 1.54) is 0 Å². The third-order valence-corrected chi connectivity index (χ3v) is 6.79. The van der Waals surface area contributed by atoms with Crippen molar-refractivity contribution < 1.29 is 14.7 Å². The number of ketones is 1. The Morgan fingerprint density at radius 3 is 2.32 bits per heavy atom. The first-order chi connectivity index (χ1) is 16.4. The summed E-state index contributed by atoms with van der Waals surface area (Å²) in [4.78, 5) is 29.3. The van der Waals surface area contributed by atoms with Crippen LogP contribution in [0.4, 0.5) is 5.69 Å². The average Bonchev–Trinajstić information content (AvgIpc) is 3.31. The minimum atomic E-state index is -1.16. The third kappa shape index (κ3) is 5.03. The largest absolute Gasteiger partial charge is 0.478 e. The van der Waals surface area contributed by atoms with E-state index in [-0.39, 0.29) is 23.4 Å². The highest BCUT2D eigenvalue weighted by Gasteiger charge is 2.24. The van der Waals surface area contributed by atoms with Gasteiger partial charge in [-0.1, -0.05) is 18.2 Å². The van der Waals surface area contributed by atoms with Gasteiger partial charge in [0.05, 0.1) is 17.3 Å². The number of aromatic nitrogens is 2. The second-order valence-corrected chi connectivity index (χ2v) is 9.33. The van der Waals surface area contributed by atoms with Crippen LogP contribution in [0.5, 0.6) is 0 Å². The van der Waals surface area contributed by atoms with Crippen LogP contribution in [-0.4, -0.2) is 46.0 Å². The van der Waals surface area contributed by atoms with Crippen LogP contribution in [0.2, 0.25) is 0 Å². The van der Waals surface area contributed by atoms with Crippen LogP contribution >= 0.6 is 23.5 Å². The van der Waals surface area contributed by atoms with E-state index in [9.17, 15) is 14.7 Å². The number of carbonyl (C=O) groups is 2. The van der Waals surface area contributed by atoms with Gasteiger partial charge in [0.15, 0.2) is 5.78 Å². The first-order valence-electron chi connectivity index (χ1n) is 10.5. The third-order valence-electron chi connectivity index (χ3n) is 5.49. The fourth-order valence-corrected chi connectivity index (χ4v) is 4.64. The molecule has 0 radical (unpaired) electrons. The molecule has 0 amide bonds. The number of nitrogens with zero attached hydrogens (tertiary/aromatic N) is 3. The number of allylic oxidation sites excluding steroid dienone is 1. The number of thioether (sulfide) groups is 1. The zero-order valence-electron chi connectivity index (χ0n) is 19.0. The van der Waals surface area contributed by atoms with Crippen molar-refractivity contribution in [1.29, 1.82) is 0 Å². The minimum Gasteiger partial charge on any atom is -0.478 e. The Morgan fingerprint density at radius 2 is 1.65 bits per heavy atom. The Balaban J connectivity index is 1.89. The Kier molecular flexibility index (Phi) is 7.09. The van der Waals surface area contributed by atoms with E-state index < -0.39 is 5.97 Å². The van der Waals surface area contributed by atoms with Crippen molar-refractivity contribution in [2.45, 2.75) is 11.3 Å². The Morgan fingerprint density at radius 1 is 0.941 bits per heavy atom. The highest BCUT2D eigenvalue weighted by Crippen LogP contribution is 2.29. The Bertz CT molecular complexity index is 1390. The van der Waals surface area contributed by atoms with Gasteiger partial charge in [0.25, 0.3) is 0 Å². The molecule has 4 rings (SSSR count). The molecule has 0 saturated heterocycles. The lowest BCUT2D eigenvalue weighted by atomic mass is 9.89. The molecule has 8 heteroatoms. The number of carboxylic acid groups (broad SMARTS) is 1. The van der Waals surface area contributed by atoms with Crippen LogP contribution in [-0.2, 0) is 11.2 Å². The van der Waals surface area contributed by atoms with E-state index >= 15 is 0 Å². The molecule has 0 bridgehead atoms. The number of anilines is 1. The average molecular weight is 490 g/mol. The highest BCUT2D eigenvalue weighted by atomic mass is 32.2. The molecule has 0 aliphatic carbocycles. The van der Waals surface area contributed by atoms with Crippen LogP contribution in [0.1, 0.15) is 21.5 Å². The first-order valence-corrected chi connectivity index (χ1v) is 12.5. The van der Waals surface area contributed by atoms with Gasteiger partial charge in [-0.3, -0.25) is 4.79 Å². The van der Waals surface area contributed by atoms with Gasteiger partial charge in [0.1, 0.15) is 11.0 Å². The van der Waals surface area contributed by atoms with E-state index in [1.54, 1.807) is 42.1 Å². The standard InChI is InChI=1S/C26H23N3O3S2/c1-29(2)19-6-4-5-16(13-19)14-21(25(30)17-7-10-20(33-3)11-8-17)24(26(31)32)18-9-12-22-23(15-18)28-34-27-22/h4-13,15H,14H2,1-3H3,(H,31,32). The van der Waals surface area contributed by atoms with Crippen LogP contribution in [0.25, 0.3) is 16.6 Å². The normalized spacial score (nSPS) is 11.9. The van der Waals surface area contributed by atoms with Gasteiger partial charge in [-0.25, -0.2) is 4.79 Å². The fourth-order valence-electron chi connectivity index (χ4n) is 3.71. The fraction of sp³-hybridized carbons (Fsp3) is 0.154. The molecule has 0 atom stereocenters. The van der Waals surface area contributed by atoms with Crippen molar-refractivity contribution in [1.82, 2.24) is 8.75 Å². The molecule has 1 heterocycles. The summed E-state index contributed by atoms with van der Waals surface area (Å²) in [5.41, 5.74) is 4.20. The molecule has 0 aliphatic heterocycles. The van der Waals surface area contributed by atoms with Crippen LogP contribution in [0, 0.1) is 0 Å². The molecule has 0 saturated carbocycles. The van der Waals surface area contributed by atoms with Gasteiger partial charge >= 0.3 is 5.97 Å². The van der Waals surface area contributed by atoms with Crippen LogP contribution < -0.4 is 4.90 Å². The molecular formula is C26H23N3O3S2. The zero-order valence-corrected chi connectivity index (χ0v) is 20.6. The van der Waals surface area contributed by atoms with Gasteiger partial charge < -0.3 is 10.0 Å². The van der Waals surface area contributed by atoms with Gasteiger partial charge in [-0.2, -0.15) is 8.75 Å². The predicted octanol–water partition coefficient (Wildman–Crippen LogP) is 5.44. The molecule has 172 valence electrons. The number of Topliss-reactive ketones (excluding diaryl/α,β-unsaturated/α-hetero) is 1. The number of carbonyl (C=O) groups excluding carboxylic acids is 1. The monoisotopic (exact) mass is 489 g/mol. The number of benzene rings is 3. The molecule has 0 spiro atoms. The molecule has 0 unspecified atom stereocenters. The Labute approximate surface area is 206 Å². The van der Waals surface area contributed by atoms with E-state index in [1.807, 2.05) is 61.6 Å². The summed E-state index contributed by atoms with van der Waals surface area (Å²) in [5.74, 6) is -1.47. The van der Waals surface area contributed by atoms with Gasteiger partial charge in [-0.05, 0) is 65.9 Å². The SMILES string of the molecule is CSc1ccc(C(=O)C(Cc2cccc(N(C)C)c2)=C(C(=O)O)c2ccc3nsnc3c2)cc1. The smallest absolute Gasteiger partial charge is 0.336 e. The van der Waals surface area contributed by atoms with Gasteiger partial charge in [-0.15, -0.1) is 11.8 Å². The molecule has 1 N–H and O–H groups in total. The topological polar surface area (TPSA) is 83.4 Å². The molecule has 0 aliphatic rings. The summed E-state index contributed by atoms with van der Waals surface area (Å²) >= 11 is 2.65. The van der Waals surface area contributed by atoms with E-state index in [0.29, 0.717) is 22.2 Å². The van der Waals surface area contributed by atoms with E-state index in [2.05, 4.69) is 8.75 Å². The summed E-state index contributed by atoms with van der Waals surface area (Å²) in [6.07, 6.45) is 2.14. The Hall–Kier alpha value is -3.49. The second kappa shape index (κ2) is 10.2. The maximum atomic E-state index is 13.7. The van der Waals surface area contributed by atoms with E-state index in [0.717, 1.165) is 27.9 Å². The summed E-state index contributed by atoms with van der Waals surface area (Å²) in [5, 5.41) is 10.3. The number of rotatable bonds is 8. The highest BCUT2D eigenvalue weighted by molar-refractivity contribution is 7.98. The molecule has 4 aromatic rings. The van der Waals surface area contributed by atoms with Crippen molar-refractivity contribution >= 4 is 57.5 Å². The van der Waals surface area contributed by atoms with Crippen molar-refractivity contribution in [3.05, 3.63) is 89.0 Å². The molecule has 34 heavy (non-hydrogen) atoms. The predicted molar refractivity (Wildman–Crippen MR) is 139 cm³/mol. The number of fused-ring (bicyclic) bond motifs is 1. The van der Waals surface area contributed by atoms with Gasteiger partial charge in [0, 0.05) is 42.2 Å².